The van der Waals surface area contributed by atoms with Gasteiger partial charge in [0.15, 0.2) is 0 Å². The van der Waals surface area contributed by atoms with Crippen LogP contribution in [-0.2, 0) is 20.2 Å². The van der Waals surface area contributed by atoms with Crippen LogP contribution in [0.1, 0.15) is 28.8 Å². The van der Waals surface area contributed by atoms with Crippen LogP contribution in [0.5, 0.6) is 0 Å². The molecule has 0 spiro atoms. The van der Waals surface area contributed by atoms with Gasteiger partial charge in [-0.05, 0) is 42.7 Å². The van der Waals surface area contributed by atoms with E-state index in [0.29, 0.717) is 36.6 Å². The molecular formula is C21H21ClN4O4S2. The number of ether oxygens (including phenoxy) is 1. The molecule has 32 heavy (non-hydrogen) atoms. The molecule has 8 nitrogen and oxygen atoms in total. The van der Waals surface area contributed by atoms with Crippen LogP contribution < -0.4 is 10.0 Å². The fourth-order valence-corrected chi connectivity index (χ4v) is 5.74. The maximum atomic E-state index is 12.9. The number of anilines is 1. The molecule has 1 fully saturated rings. The van der Waals surface area contributed by atoms with Crippen LogP contribution in [0.25, 0.3) is 0 Å². The lowest BCUT2D eigenvalue weighted by atomic mass is 9.74. The van der Waals surface area contributed by atoms with Gasteiger partial charge in [-0.1, -0.05) is 53.3 Å². The van der Waals surface area contributed by atoms with E-state index in [-0.39, 0.29) is 21.4 Å². The summed E-state index contributed by atoms with van der Waals surface area (Å²) in [6.45, 7) is 1.35. The summed E-state index contributed by atoms with van der Waals surface area (Å²) in [7, 11) is -3.91. The number of hydrogen-bond donors (Lipinski definition) is 2. The van der Waals surface area contributed by atoms with E-state index in [1.54, 1.807) is 24.3 Å². The second kappa shape index (κ2) is 9.63. The number of carbonyl (C=O) groups is 1. The number of amides is 1. The molecule has 168 valence electrons. The Morgan fingerprint density at radius 1 is 1.06 bits per heavy atom. The molecule has 2 heterocycles. The summed E-state index contributed by atoms with van der Waals surface area (Å²) >= 11 is 6.62. The molecule has 1 amide bonds. The smallest absolute Gasteiger partial charge is 0.269 e. The van der Waals surface area contributed by atoms with Crippen LogP contribution in [-0.4, -0.2) is 44.3 Å². The van der Waals surface area contributed by atoms with Crippen LogP contribution in [0.15, 0.2) is 58.9 Å². The molecule has 0 saturated carbocycles. The van der Waals surface area contributed by atoms with Crippen LogP contribution in [0, 0.1) is 0 Å². The molecule has 0 aliphatic carbocycles. The van der Waals surface area contributed by atoms with Crippen molar-refractivity contribution in [1.29, 1.82) is 0 Å². The summed E-state index contributed by atoms with van der Waals surface area (Å²) in [5, 5.41) is 10.7. The summed E-state index contributed by atoms with van der Waals surface area (Å²) in [6, 6.07) is 16.2. The van der Waals surface area contributed by atoms with Crippen molar-refractivity contribution in [1.82, 2.24) is 14.9 Å². The first-order valence-electron chi connectivity index (χ1n) is 9.91. The van der Waals surface area contributed by atoms with Crippen LogP contribution in [0.4, 0.5) is 5.13 Å². The number of sulfonamides is 1. The lowest BCUT2D eigenvalue weighted by Gasteiger charge is -2.37. The van der Waals surface area contributed by atoms with Crippen molar-refractivity contribution < 1.29 is 17.9 Å². The van der Waals surface area contributed by atoms with Crippen molar-refractivity contribution in [3.63, 3.8) is 0 Å². The third kappa shape index (κ3) is 5.16. The minimum atomic E-state index is -3.91. The van der Waals surface area contributed by atoms with Gasteiger partial charge in [0.25, 0.3) is 15.9 Å². The predicted octanol–water partition coefficient (Wildman–Crippen LogP) is 3.47. The minimum absolute atomic E-state index is 0.0918. The highest BCUT2D eigenvalue weighted by Crippen LogP contribution is 2.34. The fourth-order valence-electron chi connectivity index (χ4n) is 3.56. The first-order chi connectivity index (χ1) is 15.4. The third-order valence-corrected chi connectivity index (χ3v) is 8.26. The lowest BCUT2D eigenvalue weighted by Crippen LogP contribution is -2.44. The Morgan fingerprint density at radius 3 is 2.44 bits per heavy atom. The zero-order valence-electron chi connectivity index (χ0n) is 17.0. The summed E-state index contributed by atoms with van der Waals surface area (Å²) in [5.74, 6) is -0.431. The number of hydrogen-bond acceptors (Lipinski definition) is 7. The van der Waals surface area contributed by atoms with Gasteiger partial charge in [0.05, 0.1) is 0 Å². The summed E-state index contributed by atoms with van der Waals surface area (Å²) in [4.78, 5) is 12.3. The van der Waals surface area contributed by atoms with Crippen molar-refractivity contribution in [3.8, 4) is 0 Å². The molecule has 1 aromatic heterocycles. The van der Waals surface area contributed by atoms with Gasteiger partial charge in [0, 0.05) is 35.8 Å². The fraction of sp³-hybridized carbons (Fsp3) is 0.286. The van der Waals surface area contributed by atoms with Gasteiger partial charge in [-0.25, -0.2) is 13.1 Å². The van der Waals surface area contributed by atoms with Crippen molar-refractivity contribution in [3.05, 3.63) is 70.7 Å². The van der Waals surface area contributed by atoms with E-state index in [0.717, 1.165) is 16.9 Å². The number of halogens is 1. The van der Waals surface area contributed by atoms with Gasteiger partial charge in [-0.2, -0.15) is 0 Å². The summed E-state index contributed by atoms with van der Waals surface area (Å²) in [5.41, 5.74) is 1.08. The van der Waals surface area contributed by atoms with Gasteiger partial charge in [-0.3, -0.25) is 10.1 Å². The number of carbonyl (C=O) groups excluding carboxylic acids is 1. The number of nitrogens with one attached hydrogen (secondary N) is 2. The van der Waals surface area contributed by atoms with E-state index in [4.69, 9.17) is 16.3 Å². The van der Waals surface area contributed by atoms with Gasteiger partial charge < -0.3 is 4.74 Å². The molecule has 11 heteroatoms. The molecule has 1 aliphatic heterocycles. The highest BCUT2D eigenvalue weighted by Gasteiger charge is 2.36. The molecule has 4 rings (SSSR count). The standard InChI is InChI=1S/C21H21ClN4O4S2/c22-17-8-6-15(7-9-17)18(27)24-19-25-26-20(31-19)32(28,29)23-14-21(10-12-30-13-11-21)16-4-2-1-3-5-16/h1-9,23H,10-14H2,(H,24,25,27). The molecule has 0 atom stereocenters. The molecule has 2 aromatic carbocycles. The molecule has 3 aromatic rings. The van der Waals surface area contributed by atoms with Crippen molar-refractivity contribution in [2.75, 3.05) is 25.1 Å². The average Bonchev–Trinajstić information content (AvgIpc) is 3.29. The Kier molecular flexibility index (Phi) is 6.87. The molecule has 0 bridgehead atoms. The quantitative estimate of drug-likeness (QED) is 0.488. The number of nitrogens with zero attached hydrogens (tertiary/aromatic N) is 2. The normalized spacial score (nSPS) is 15.9. The number of rotatable bonds is 7. The second-order valence-corrected chi connectivity index (χ2v) is 10.8. The van der Waals surface area contributed by atoms with E-state index < -0.39 is 15.9 Å². The van der Waals surface area contributed by atoms with Crippen molar-refractivity contribution in [2.24, 2.45) is 0 Å². The zero-order valence-corrected chi connectivity index (χ0v) is 19.3. The van der Waals surface area contributed by atoms with Crippen LogP contribution >= 0.6 is 22.9 Å². The van der Waals surface area contributed by atoms with Crippen molar-refractivity contribution >= 4 is 44.0 Å². The Hall–Kier alpha value is -2.37. The van der Waals surface area contributed by atoms with Gasteiger partial charge >= 0.3 is 0 Å². The maximum absolute atomic E-state index is 12.9. The Bertz CT molecular complexity index is 1180. The molecular weight excluding hydrogens is 472 g/mol. The monoisotopic (exact) mass is 492 g/mol. The Balaban J connectivity index is 1.46. The second-order valence-electron chi connectivity index (χ2n) is 7.42. The summed E-state index contributed by atoms with van der Waals surface area (Å²) in [6.07, 6.45) is 1.41. The van der Waals surface area contributed by atoms with Gasteiger partial charge in [-0.15, -0.1) is 10.2 Å². The van der Waals surface area contributed by atoms with E-state index in [1.165, 1.54) is 0 Å². The van der Waals surface area contributed by atoms with Crippen LogP contribution in [0.3, 0.4) is 0 Å². The Labute approximate surface area is 195 Å². The van der Waals surface area contributed by atoms with E-state index in [2.05, 4.69) is 20.2 Å². The minimum Gasteiger partial charge on any atom is -0.381 e. The highest BCUT2D eigenvalue weighted by molar-refractivity contribution is 7.91. The van der Waals surface area contributed by atoms with E-state index in [9.17, 15) is 13.2 Å². The van der Waals surface area contributed by atoms with Gasteiger partial charge in [0.1, 0.15) is 0 Å². The average molecular weight is 493 g/mol. The molecule has 0 radical (unpaired) electrons. The van der Waals surface area contributed by atoms with Crippen molar-refractivity contribution in [2.45, 2.75) is 22.6 Å². The summed E-state index contributed by atoms with van der Waals surface area (Å²) < 4.78 is 33.8. The zero-order chi connectivity index (χ0) is 22.6. The Morgan fingerprint density at radius 2 is 1.75 bits per heavy atom. The number of aromatic nitrogens is 2. The predicted molar refractivity (Wildman–Crippen MR) is 123 cm³/mol. The molecule has 0 unspecified atom stereocenters. The van der Waals surface area contributed by atoms with Crippen LogP contribution in [0.2, 0.25) is 5.02 Å². The maximum Gasteiger partial charge on any atom is 0.269 e. The molecule has 1 saturated heterocycles. The largest absolute Gasteiger partial charge is 0.381 e. The first-order valence-corrected chi connectivity index (χ1v) is 12.6. The first kappa shape index (κ1) is 22.8. The molecule has 2 N–H and O–H groups in total. The highest BCUT2D eigenvalue weighted by atomic mass is 35.5. The molecule has 1 aliphatic rings. The topological polar surface area (TPSA) is 110 Å². The van der Waals surface area contributed by atoms with E-state index >= 15 is 0 Å². The third-order valence-electron chi connectivity index (χ3n) is 5.40. The lowest BCUT2D eigenvalue weighted by molar-refractivity contribution is 0.0517. The SMILES string of the molecule is O=C(Nc1nnc(S(=O)(=O)NCC2(c3ccccc3)CCOCC2)s1)c1ccc(Cl)cc1. The van der Waals surface area contributed by atoms with E-state index in [1.807, 2.05) is 30.3 Å². The number of benzene rings is 2. The van der Waals surface area contributed by atoms with Gasteiger partial charge in [0.2, 0.25) is 9.47 Å².